The Hall–Kier alpha value is 2.28. The van der Waals surface area contributed by atoms with Crippen molar-refractivity contribution in [2.45, 2.75) is 0 Å². The first-order chi connectivity index (χ1) is 7.43. The zero-order valence-corrected chi connectivity index (χ0v) is 18.2. The summed E-state index contributed by atoms with van der Waals surface area (Å²) in [5, 5.41) is 0. The summed E-state index contributed by atoms with van der Waals surface area (Å²) < 4.78 is 6.48. The average molecular weight is 640 g/mol. The molecule has 0 atom stereocenters. The molecular formula is C8Br6S2. The fraction of sp³-hybridized carbons (Fsp3) is 0. The van der Waals surface area contributed by atoms with Crippen molar-refractivity contribution in [1.29, 1.82) is 0 Å². The number of halogens is 6. The van der Waals surface area contributed by atoms with Crippen LogP contribution in [0.1, 0.15) is 0 Å². The molecule has 0 nitrogen and oxygen atoms in total. The van der Waals surface area contributed by atoms with Crippen molar-refractivity contribution >= 4 is 118 Å². The van der Waals surface area contributed by atoms with Crippen LogP contribution in [0.5, 0.6) is 0 Å². The third-order valence-corrected chi connectivity index (χ3v) is 10.0. The van der Waals surface area contributed by atoms with Crippen molar-refractivity contribution in [1.82, 2.24) is 0 Å². The fourth-order valence-electron chi connectivity index (χ4n) is 1.13. The molecular weight excluding hydrogens is 640 g/mol. The molecule has 0 aliphatic carbocycles. The molecule has 0 spiro atoms. The van der Waals surface area contributed by atoms with Gasteiger partial charge in [-0.1, -0.05) is 0 Å². The molecule has 0 aliphatic rings. The number of thiophene rings is 2. The summed E-state index contributed by atoms with van der Waals surface area (Å²) in [6.07, 6.45) is 0. The van der Waals surface area contributed by atoms with Crippen LogP contribution in [-0.4, -0.2) is 0 Å². The van der Waals surface area contributed by atoms with Crippen LogP contribution in [0.2, 0.25) is 0 Å². The van der Waals surface area contributed by atoms with E-state index >= 15 is 0 Å². The molecule has 0 aromatic carbocycles. The molecule has 0 saturated heterocycles. The van der Waals surface area contributed by atoms with E-state index in [2.05, 4.69) is 95.6 Å². The third kappa shape index (κ3) is 2.59. The number of hydrogen-bond donors (Lipinski definition) is 0. The van der Waals surface area contributed by atoms with Crippen LogP contribution in [-0.2, 0) is 0 Å². The van der Waals surface area contributed by atoms with E-state index in [9.17, 15) is 0 Å². The van der Waals surface area contributed by atoms with E-state index in [4.69, 9.17) is 0 Å². The van der Waals surface area contributed by atoms with Crippen LogP contribution in [0.3, 0.4) is 0 Å². The maximum atomic E-state index is 3.60. The minimum atomic E-state index is 1.07. The fourth-order valence-corrected chi connectivity index (χ4v) is 8.95. The predicted molar refractivity (Wildman–Crippen MR) is 93.8 cm³/mol. The molecule has 2 aromatic heterocycles. The van der Waals surface area contributed by atoms with E-state index in [1.165, 1.54) is 0 Å². The summed E-state index contributed by atoms with van der Waals surface area (Å²) in [5.74, 6) is 0. The minimum absolute atomic E-state index is 1.07. The maximum absolute atomic E-state index is 3.60. The lowest BCUT2D eigenvalue weighted by Gasteiger charge is -2.00. The minimum Gasteiger partial charge on any atom is -0.119 e. The van der Waals surface area contributed by atoms with Gasteiger partial charge in [-0.15, -0.1) is 22.7 Å². The SMILES string of the molecule is Brc1sc(Br)c(-c2c(Br)sc(Br)c2Br)c1Br. The van der Waals surface area contributed by atoms with Crippen LogP contribution < -0.4 is 0 Å². The van der Waals surface area contributed by atoms with Crippen LogP contribution in [0.15, 0.2) is 24.1 Å². The Balaban J connectivity index is 2.76. The van der Waals surface area contributed by atoms with Gasteiger partial charge in [0.25, 0.3) is 0 Å². The molecule has 0 saturated carbocycles. The van der Waals surface area contributed by atoms with Gasteiger partial charge < -0.3 is 0 Å². The molecule has 2 heterocycles. The third-order valence-electron chi connectivity index (χ3n) is 1.79. The second-order valence-electron chi connectivity index (χ2n) is 2.68. The second-order valence-corrected chi connectivity index (χ2v) is 11.6. The van der Waals surface area contributed by atoms with E-state index in [0.717, 1.165) is 35.2 Å². The van der Waals surface area contributed by atoms with Gasteiger partial charge in [0.05, 0.1) is 24.1 Å². The molecule has 0 fully saturated rings. The van der Waals surface area contributed by atoms with Crippen LogP contribution in [0, 0.1) is 0 Å². The van der Waals surface area contributed by atoms with Crippen LogP contribution in [0.25, 0.3) is 11.1 Å². The summed E-state index contributed by atoms with van der Waals surface area (Å²) in [4.78, 5) is 0. The molecule has 0 bridgehead atoms. The van der Waals surface area contributed by atoms with Crippen LogP contribution in [0.4, 0.5) is 0 Å². The quantitative estimate of drug-likeness (QED) is 0.296. The Morgan fingerprint density at radius 1 is 0.500 bits per heavy atom. The van der Waals surface area contributed by atoms with Gasteiger partial charge in [-0.05, 0) is 95.6 Å². The lowest BCUT2D eigenvalue weighted by atomic mass is 10.2. The first kappa shape index (κ1) is 14.7. The molecule has 16 heavy (non-hydrogen) atoms. The van der Waals surface area contributed by atoms with Crippen molar-refractivity contribution in [2.24, 2.45) is 0 Å². The Kier molecular flexibility index (Phi) is 5.26. The molecule has 8 heteroatoms. The van der Waals surface area contributed by atoms with Crippen molar-refractivity contribution in [2.75, 3.05) is 0 Å². The number of hydrogen-bond acceptors (Lipinski definition) is 2. The van der Waals surface area contributed by atoms with Gasteiger partial charge in [-0.25, -0.2) is 0 Å². The summed E-state index contributed by atoms with van der Waals surface area (Å²) in [6, 6.07) is 0. The van der Waals surface area contributed by atoms with E-state index < -0.39 is 0 Å². The smallest absolute Gasteiger partial charge is 0.0858 e. The van der Waals surface area contributed by atoms with Gasteiger partial charge in [-0.3, -0.25) is 0 Å². The van der Waals surface area contributed by atoms with Gasteiger partial charge >= 0.3 is 0 Å². The Bertz CT molecular complexity index is 505. The largest absolute Gasteiger partial charge is 0.119 e. The topological polar surface area (TPSA) is 0 Å². The standard InChI is InChI=1S/C8Br6S2/c9-3-1(5(11)15-7(3)13)2-4(10)8(14)16-6(2)12. The first-order valence-electron chi connectivity index (χ1n) is 3.70. The lowest BCUT2D eigenvalue weighted by Crippen LogP contribution is -1.75. The van der Waals surface area contributed by atoms with Gasteiger partial charge in [0.1, 0.15) is 0 Å². The van der Waals surface area contributed by atoms with E-state index in [1.54, 1.807) is 22.7 Å². The van der Waals surface area contributed by atoms with Crippen molar-refractivity contribution < 1.29 is 0 Å². The number of rotatable bonds is 1. The summed E-state index contributed by atoms with van der Waals surface area (Å²) in [5.41, 5.74) is 2.30. The molecule has 0 amide bonds. The van der Waals surface area contributed by atoms with Crippen molar-refractivity contribution in [3.8, 4) is 11.1 Å². The molecule has 0 unspecified atom stereocenters. The highest BCUT2D eigenvalue weighted by Crippen LogP contribution is 2.54. The predicted octanol–water partition coefficient (Wildman–Crippen LogP) is 8.05. The molecule has 0 radical (unpaired) electrons. The molecule has 86 valence electrons. The van der Waals surface area contributed by atoms with Gasteiger partial charge in [0, 0.05) is 11.1 Å². The summed E-state index contributed by atoms with van der Waals surface area (Å²) in [7, 11) is 0. The zero-order valence-electron chi connectivity index (χ0n) is 7.08. The molecule has 0 aliphatic heterocycles. The van der Waals surface area contributed by atoms with Crippen molar-refractivity contribution in [3.63, 3.8) is 0 Å². The van der Waals surface area contributed by atoms with Gasteiger partial charge in [0.2, 0.25) is 0 Å². The first-order valence-corrected chi connectivity index (χ1v) is 10.1. The normalized spacial score (nSPS) is 11.1. The van der Waals surface area contributed by atoms with Crippen LogP contribution >= 0.6 is 118 Å². The highest BCUT2D eigenvalue weighted by molar-refractivity contribution is 9.14. The summed E-state index contributed by atoms with van der Waals surface area (Å²) in [6.45, 7) is 0. The second kappa shape index (κ2) is 5.73. The van der Waals surface area contributed by atoms with Gasteiger partial charge in [0.15, 0.2) is 0 Å². The van der Waals surface area contributed by atoms with Gasteiger partial charge in [-0.2, -0.15) is 0 Å². The lowest BCUT2D eigenvalue weighted by molar-refractivity contribution is 1.67. The van der Waals surface area contributed by atoms with E-state index in [-0.39, 0.29) is 0 Å². The molecule has 2 aromatic rings. The highest BCUT2D eigenvalue weighted by Gasteiger charge is 2.22. The Morgan fingerprint density at radius 3 is 1.00 bits per heavy atom. The monoisotopic (exact) mass is 633 g/mol. The zero-order chi connectivity index (χ0) is 12.0. The molecule has 0 N–H and O–H groups in total. The highest BCUT2D eigenvalue weighted by atomic mass is 79.9. The average Bonchev–Trinajstić information content (AvgIpc) is 2.57. The maximum Gasteiger partial charge on any atom is 0.0858 e. The van der Waals surface area contributed by atoms with E-state index in [1.807, 2.05) is 0 Å². The Labute approximate surface area is 151 Å². The van der Waals surface area contributed by atoms with E-state index in [0.29, 0.717) is 0 Å². The summed E-state index contributed by atoms with van der Waals surface area (Å²) >= 11 is 24.7. The van der Waals surface area contributed by atoms with Crippen molar-refractivity contribution in [3.05, 3.63) is 24.1 Å². The Morgan fingerprint density at radius 2 is 0.812 bits per heavy atom. The molecule has 2 rings (SSSR count).